The Kier molecular flexibility index (Phi) is 31.9. The van der Waals surface area contributed by atoms with E-state index in [0.717, 1.165) is 5.57 Å². The van der Waals surface area contributed by atoms with Gasteiger partial charge < -0.3 is 58.9 Å². The Morgan fingerprint density at radius 3 is 2.07 bits per heavy atom. The summed E-state index contributed by atoms with van der Waals surface area (Å²) in [4.78, 5) is 125. The number of piperidine rings is 1. The predicted molar refractivity (Wildman–Crippen MR) is 380 cm³/mol. The SMILES string of the molecule is CO[C@H]1C[C@@H]2CC[C@@H](C)[C@@](O)(O2)C(=O)C(=O)N2CCCC[C@H]2C(=O)O[C@H]([C@H](C)C[C@@H]2CC[C@@H](OC(=O)C(C)(C)CCCCOC(=O)c3c(I)c(NC(C)=O)c(I)c(NC(C)=O)c3I)[C@H](OC)C2)CC(=O)[C@H](C)/C=C(\C)[C@@H](O)[C@@H](OC)C(=O)[C@H](C)C[C@H](C)/C=C/C=C/C=C/1C. The van der Waals surface area contributed by atoms with E-state index in [0.29, 0.717) is 105 Å². The van der Waals surface area contributed by atoms with Crippen molar-refractivity contribution in [2.75, 3.05) is 45.1 Å². The van der Waals surface area contributed by atoms with Crippen LogP contribution in [0.5, 0.6) is 0 Å². The van der Waals surface area contributed by atoms with Crippen molar-refractivity contribution in [1.29, 1.82) is 0 Å². The molecule has 5 rings (SSSR count). The van der Waals surface area contributed by atoms with Crippen LogP contribution in [-0.2, 0) is 71.5 Å². The number of unbranched alkanes of at least 4 members (excludes halogenated alkanes) is 1. The third-order valence-corrected chi connectivity index (χ3v) is 22.1. The van der Waals surface area contributed by atoms with Gasteiger partial charge in [-0.3, -0.25) is 33.6 Å². The van der Waals surface area contributed by atoms with E-state index in [4.69, 9.17) is 33.2 Å². The summed E-state index contributed by atoms with van der Waals surface area (Å²) in [6.45, 7) is 18.9. The topological polar surface area (TPSA) is 286 Å². The van der Waals surface area contributed by atoms with Crippen LogP contribution in [0.3, 0.4) is 0 Å². The fraction of sp³-hybridized carbons (Fsp3) is 0.671. The molecule has 0 aromatic heterocycles. The summed E-state index contributed by atoms with van der Waals surface area (Å²) in [6, 6.07) is -1.22. The fourth-order valence-corrected chi connectivity index (χ4v) is 17.1. The maximum absolute atomic E-state index is 14.8. The molecule has 21 nitrogen and oxygen atoms in total. The molecular formula is C70H100I3N3O18. The van der Waals surface area contributed by atoms with E-state index >= 15 is 0 Å². The monoisotopic (exact) mass is 1650 g/mol. The van der Waals surface area contributed by atoms with Crippen LogP contribution in [0.4, 0.5) is 11.4 Å². The molecule has 4 N–H and O–H groups in total. The highest BCUT2D eigenvalue weighted by Gasteiger charge is 2.53. The van der Waals surface area contributed by atoms with Gasteiger partial charge in [0.1, 0.15) is 36.2 Å². The molecule has 3 aliphatic heterocycles. The van der Waals surface area contributed by atoms with Crippen LogP contribution in [0.25, 0.3) is 0 Å². The Morgan fingerprint density at radius 2 is 1.46 bits per heavy atom. The van der Waals surface area contributed by atoms with Gasteiger partial charge in [0.2, 0.25) is 17.6 Å². The summed E-state index contributed by atoms with van der Waals surface area (Å²) < 4.78 is 43.5. The number of benzene rings is 1. The number of esters is 3. The van der Waals surface area contributed by atoms with Gasteiger partial charge in [0.25, 0.3) is 11.7 Å². The van der Waals surface area contributed by atoms with Crippen LogP contribution in [0.2, 0.25) is 0 Å². The number of aliphatic hydroxyl groups excluding tert-OH is 1. The molecule has 1 aromatic carbocycles. The zero-order valence-electron chi connectivity index (χ0n) is 57.1. The standard InChI is InChI=1S/C70H100I3N3O18/c1-38-22-16-15-17-23-39(2)52(88-12)36-48-27-25-44(7)70(87,94-48)64(82)65(83)76-30-20-18-24-49(76)66(84)92-53(37-50(79)40(3)33-43(6)62(81)63(90-14)61(80)42(5)32-38)41(4)34-47-26-28-51(54(35-47)89-13)93-68(86)69(10,11)29-19-21-31-91-67(85)55-56(71)59(74-45(8)77)58(73)60(57(55)72)75-46(9)78/h15-17,22-23,33,38,40-42,44,47-49,51-54,62-63,81,87H,18-21,24-32,34-37H2,1-14H3,(H,74,77)(H,75,78)/b17-15+,22-16+,39-23+,43-33+/t38-,40-,41-,42-,44-,47+,48+,49+,51-,52+,53+,54-,62-,63+,70-/m1/s1. The Morgan fingerprint density at radius 1 is 0.798 bits per heavy atom. The number of fused-ring (bicyclic) bond motifs is 3. The Balaban J connectivity index is 1.33. The molecule has 0 spiro atoms. The number of hydrogen-bond donors (Lipinski definition) is 4. The molecule has 2 saturated heterocycles. The summed E-state index contributed by atoms with van der Waals surface area (Å²) in [5, 5.41) is 29.3. The largest absolute Gasteiger partial charge is 0.462 e. The highest BCUT2D eigenvalue weighted by atomic mass is 127. The number of rotatable bonds is 16. The molecule has 3 fully saturated rings. The number of cyclic esters (lactones) is 1. The van der Waals surface area contributed by atoms with Crippen molar-refractivity contribution in [3.63, 3.8) is 0 Å². The third kappa shape index (κ3) is 21.7. The quantitative estimate of drug-likeness (QED) is 0.0299. The Labute approximate surface area is 595 Å². The summed E-state index contributed by atoms with van der Waals surface area (Å²) >= 11 is 5.98. The summed E-state index contributed by atoms with van der Waals surface area (Å²) in [5.41, 5.74) is 1.24. The van der Waals surface area contributed by atoms with Crippen molar-refractivity contribution in [2.45, 2.75) is 227 Å². The number of ketones is 3. The number of halogens is 3. The third-order valence-electron chi connectivity index (χ3n) is 18.8. The van der Waals surface area contributed by atoms with Gasteiger partial charge in [-0.1, -0.05) is 71.1 Å². The number of hydrogen-bond acceptors (Lipinski definition) is 18. The van der Waals surface area contributed by atoms with Crippen LogP contribution in [-0.4, -0.2) is 157 Å². The lowest BCUT2D eigenvalue weighted by atomic mass is 9.78. The normalized spacial score (nSPS) is 31.5. The minimum absolute atomic E-state index is 0.0217. The van der Waals surface area contributed by atoms with E-state index in [-0.39, 0.29) is 73.2 Å². The van der Waals surface area contributed by atoms with E-state index < -0.39 is 113 Å². The maximum Gasteiger partial charge on any atom is 0.340 e. The number of ether oxygens (including phenoxy) is 7. The van der Waals surface area contributed by atoms with Crippen molar-refractivity contribution in [3.8, 4) is 0 Å². The molecule has 524 valence electrons. The molecule has 0 radical (unpaired) electrons. The Hall–Kier alpha value is -4.04. The second-order valence-corrected chi connectivity index (χ2v) is 30.1. The van der Waals surface area contributed by atoms with Gasteiger partial charge in [-0.15, -0.1) is 0 Å². The van der Waals surface area contributed by atoms with Crippen molar-refractivity contribution in [3.05, 3.63) is 63.9 Å². The van der Waals surface area contributed by atoms with Crippen LogP contribution < -0.4 is 10.6 Å². The number of anilines is 2. The number of carbonyl (C=O) groups is 9. The highest BCUT2D eigenvalue weighted by Crippen LogP contribution is 2.42. The molecular weight excluding hydrogens is 1550 g/mol. The van der Waals surface area contributed by atoms with Crippen molar-refractivity contribution in [1.82, 2.24) is 4.90 Å². The van der Waals surface area contributed by atoms with E-state index in [9.17, 15) is 53.4 Å². The molecule has 24 heteroatoms. The van der Waals surface area contributed by atoms with E-state index in [1.165, 1.54) is 25.9 Å². The molecule has 2 bridgehead atoms. The van der Waals surface area contributed by atoms with Crippen molar-refractivity contribution < 1.29 is 86.5 Å². The lowest BCUT2D eigenvalue weighted by molar-refractivity contribution is -0.265. The number of Topliss-reactive ketones (excluding diaryl/α,β-unsaturated/α-hetero) is 3. The van der Waals surface area contributed by atoms with Crippen LogP contribution >= 0.6 is 67.8 Å². The molecule has 94 heavy (non-hydrogen) atoms. The van der Waals surface area contributed by atoms with Gasteiger partial charge in [-0.05, 0) is 208 Å². The van der Waals surface area contributed by atoms with Gasteiger partial charge in [0, 0.05) is 72.3 Å². The molecule has 4 aliphatic rings. The summed E-state index contributed by atoms with van der Waals surface area (Å²) in [5.74, 6) is -10.5. The van der Waals surface area contributed by atoms with Crippen LogP contribution in [0, 0.1) is 51.6 Å². The number of nitrogens with one attached hydrogen (secondary N) is 2. The minimum atomic E-state index is -2.49. The lowest BCUT2D eigenvalue weighted by Crippen LogP contribution is -2.61. The molecule has 1 aliphatic carbocycles. The summed E-state index contributed by atoms with van der Waals surface area (Å²) in [7, 11) is 4.48. The van der Waals surface area contributed by atoms with Crippen molar-refractivity contribution >= 4 is 132 Å². The number of aliphatic hydroxyl groups is 2. The lowest BCUT2D eigenvalue weighted by Gasteiger charge is -2.42. The second kappa shape index (κ2) is 37.2. The molecule has 1 aromatic rings. The first kappa shape index (κ1) is 80.6. The zero-order chi connectivity index (χ0) is 70.1. The average molecular weight is 1650 g/mol. The van der Waals surface area contributed by atoms with Crippen LogP contribution in [0.15, 0.2) is 47.6 Å². The van der Waals surface area contributed by atoms with E-state index in [2.05, 4.69) is 10.6 Å². The van der Waals surface area contributed by atoms with Gasteiger partial charge in [0.05, 0.1) is 58.0 Å². The first-order chi connectivity index (χ1) is 44.2. The first-order valence-corrected chi connectivity index (χ1v) is 36.1. The van der Waals surface area contributed by atoms with E-state index in [1.807, 2.05) is 119 Å². The molecule has 1 saturated carbocycles. The van der Waals surface area contributed by atoms with Gasteiger partial charge in [0.15, 0.2) is 5.78 Å². The number of allylic oxidation sites excluding steroid dienone is 6. The first-order valence-electron chi connectivity index (χ1n) is 32.8. The number of carbonyl (C=O) groups excluding carboxylic acids is 9. The maximum atomic E-state index is 14.8. The smallest absolute Gasteiger partial charge is 0.340 e. The molecule has 3 heterocycles. The van der Waals surface area contributed by atoms with Crippen molar-refractivity contribution in [2.24, 2.45) is 40.9 Å². The van der Waals surface area contributed by atoms with Gasteiger partial charge in [-0.25, -0.2) is 9.59 Å². The second-order valence-electron chi connectivity index (χ2n) is 26.9. The van der Waals surface area contributed by atoms with Gasteiger partial charge >= 0.3 is 17.9 Å². The fourth-order valence-electron chi connectivity index (χ4n) is 13.0. The number of methoxy groups -OCH3 is 3. The van der Waals surface area contributed by atoms with E-state index in [1.54, 1.807) is 61.8 Å². The summed E-state index contributed by atoms with van der Waals surface area (Å²) in [6.07, 6.45) is 11.1. The number of amides is 3. The molecule has 15 atom stereocenters. The van der Waals surface area contributed by atoms with Crippen LogP contribution in [0.1, 0.15) is 183 Å². The zero-order valence-corrected chi connectivity index (χ0v) is 63.5. The van der Waals surface area contributed by atoms with Gasteiger partial charge in [-0.2, -0.15) is 0 Å². The average Bonchev–Trinajstić information content (AvgIpc) is 0.790. The number of nitrogens with zero attached hydrogens (tertiary/aromatic N) is 1. The minimum Gasteiger partial charge on any atom is -0.462 e. The Bertz CT molecular complexity index is 2970. The molecule has 0 unspecified atom stereocenters. The highest BCUT2D eigenvalue weighted by molar-refractivity contribution is 14.1. The predicted octanol–water partition coefficient (Wildman–Crippen LogP) is 11.5. The molecule has 3 amide bonds.